The maximum absolute atomic E-state index is 12.0. The van der Waals surface area contributed by atoms with E-state index < -0.39 is 5.54 Å². The van der Waals surface area contributed by atoms with Crippen molar-refractivity contribution < 1.29 is 9.53 Å². The first-order valence-electron chi connectivity index (χ1n) is 6.30. The molecule has 1 atom stereocenters. The van der Waals surface area contributed by atoms with Crippen LogP contribution in [0.4, 0.5) is 0 Å². The van der Waals surface area contributed by atoms with E-state index in [4.69, 9.17) is 10.5 Å². The summed E-state index contributed by atoms with van der Waals surface area (Å²) in [7, 11) is 1.61. The molecule has 6 heteroatoms. The van der Waals surface area contributed by atoms with Gasteiger partial charge in [0.1, 0.15) is 5.75 Å². The van der Waals surface area contributed by atoms with Crippen LogP contribution in [-0.2, 0) is 11.3 Å². The van der Waals surface area contributed by atoms with E-state index in [0.717, 1.165) is 22.2 Å². The molecule has 1 rings (SSSR count). The number of methoxy groups -OCH3 is 1. The van der Waals surface area contributed by atoms with E-state index in [2.05, 4.69) is 21.2 Å². The number of hydrogen-bond donors (Lipinski definition) is 2. The number of carbonyl (C=O) groups excluding carboxylic acids is 1. The van der Waals surface area contributed by atoms with Gasteiger partial charge in [-0.25, -0.2) is 0 Å². The summed E-state index contributed by atoms with van der Waals surface area (Å²) in [6.07, 6.45) is 1.54. The molecule has 0 heterocycles. The number of benzene rings is 1. The van der Waals surface area contributed by atoms with Crippen LogP contribution in [0.5, 0.6) is 5.75 Å². The number of nitrogens with one attached hydrogen (secondary N) is 1. The van der Waals surface area contributed by atoms with Crippen LogP contribution in [0.1, 0.15) is 32.3 Å². The average Bonchev–Trinajstić information content (AvgIpc) is 2.36. The van der Waals surface area contributed by atoms with Gasteiger partial charge in [-0.1, -0.05) is 29.3 Å². The Morgan fingerprint density at radius 3 is 2.70 bits per heavy atom. The second kappa shape index (κ2) is 8.49. The third-order valence-corrected chi connectivity index (χ3v) is 3.46. The van der Waals surface area contributed by atoms with Gasteiger partial charge < -0.3 is 15.8 Å². The zero-order valence-electron chi connectivity index (χ0n) is 12.0. The molecule has 0 saturated carbocycles. The van der Waals surface area contributed by atoms with Crippen molar-refractivity contribution in [3.05, 3.63) is 28.2 Å². The average molecular weight is 366 g/mol. The molecule has 3 N–H and O–H groups in total. The summed E-state index contributed by atoms with van der Waals surface area (Å²) in [4.78, 5) is 12.0. The first kappa shape index (κ1) is 19.2. The Hall–Kier alpha value is -0.780. The predicted octanol–water partition coefficient (Wildman–Crippen LogP) is 3.01. The molecule has 1 unspecified atom stereocenters. The Balaban J connectivity index is 0.00000361. The standard InChI is InChI=1S/C14H21BrN2O2.ClH/c1-4-7-14(2,16)13(18)17-9-10-8-11(15)5-6-12(10)19-3;/h5-6,8H,4,7,9,16H2,1-3H3,(H,17,18);1H. The molecule has 0 aliphatic heterocycles. The molecule has 0 bridgehead atoms. The second-order valence-corrected chi connectivity index (χ2v) is 5.72. The van der Waals surface area contributed by atoms with Gasteiger partial charge in [-0.3, -0.25) is 4.79 Å². The van der Waals surface area contributed by atoms with Gasteiger partial charge in [0.05, 0.1) is 12.6 Å². The Labute approximate surface area is 135 Å². The summed E-state index contributed by atoms with van der Waals surface area (Å²) < 4.78 is 6.21. The lowest BCUT2D eigenvalue weighted by Crippen LogP contribution is -2.51. The quantitative estimate of drug-likeness (QED) is 0.814. The lowest BCUT2D eigenvalue weighted by Gasteiger charge is -2.23. The molecule has 0 radical (unpaired) electrons. The predicted molar refractivity (Wildman–Crippen MR) is 87.3 cm³/mol. The topological polar surface area (TPSA) is 64.4 Å². The number of rotatable bonds is 6. The van der Waals surface area contributed by atoms with E-state index in [1.165, 1.54) is 0 Å². The highest BCUT2D eigenvalue weighted by atomic mass is 79.9. The summed E-state index contributed by atoms with van der Waals surface area (Å²) in [5.74, 6) is 0.606. The van der Waals surface area contributed by atoms with Crippen molar-refractivity contribution in [2.75, 3.05) is 7.11 Å². The van der Waals surface area contributed by atoms with Crippen molar-refractivity contribution in [1.29, 1.82) is 0 Å². The van der Waals surface area contributed by atoms with E-state index in [-0.39, 0.29) is 18.3 Å². The maximum Gasteiger partial charge on any atom is 0.240 e. The SMILES string of the molecule is CCCC(C)(N)C(=O)NCc1cc(Br)ccc1OC.Cl. The van der Waals surface area contributed by atoms with Gasteiger partial charge in [-0.2, -0.15) is 0 Å². The van der Waals surface area contributed by atoms with Crippen molar-refractivity contribution in [2.24, 2.45) is 5.73 Å². The van der Waals surface area contributed by atoms with Crippen LogP contribution in [0.2, 0.25) is 0 Å². The molecule has 1 aromatic rings. The van der Waals surface area contributed by atoms with Gasteiger partial charge in [-0.05, 0) is 31.5 Å². The van der Waals surface area contributed by atoms with Crippen LogP contribution in [0.25, 0.3) is 0 Å². The number of amides is 1. The number of ether oxygens (including phenoxy) is 1. The van der Waals surface area contributed by atoms with Crippen molar-refractivity contribution in [2.45, 2.75) is 38.8 Å². The Morgan fingerprint density at radius 1 is 1.50 bits per heavy atom. The first-order valence-corrected chi connectivity index (χ1v) is 7.09. The molecular weight excluding hydrogens is 344 g/mol. The van der Waals surface area contributed by atoms with E-state index in [0.29, 0.717) is 13.0 Å². The van der Waals surface area contributed by atoms with Gasteiger partial charge in [0.2, 0.25) is 5.91 Å². The fraction of sp³-hybridized carbons (Fsp3) is 0.500. The maximum atomic E-state index is 12.0. The number of carbonyl (C=O) groups is 1. The summed E-state index contributed by atoms with van der Waals surface area (Å²) in [6.45, 7) is 4.16. The molecule has 0 aliphatic rings. The van der Waals surface area contributed by atoms with Crippen LogP contribution in [0.3, 0.4) is 0 Å². The second-order valence-electron chi connectivity index (χ2n) is 4.81. The highest BCUT2D eigenvalue weighted by molar-refractivity contribution is 9.10. The molecule has 1 aromatic carbocycles. The van der Waals surface area contributed by atoms with Crippen LogP contribution in [0, 0.1) is 0 Å². The van der Waals surface area contributed by atoms with E-state index in [1.54, 1.807) is 14.0 Å². The minimum Gasteiger partial charge on any atom is -0.496 e. The van der Waals surface area contributed by atoms with Gasteiger partial charge in [0, 0.05) is 16.6 Å². The van der Waals surface area contributed by atoms with Crippen molar-refractivity contribution in [3.63, 3.8) is 0 Å². The summed E-state index contributed by atoms with van der Waals surface area (Å²) >= 11 is 3.40. The molecule has 1 amide bonds. The minimum atomic E-state index is -0.825. The third-order valence-electron chi connectivity index (χ3n) is 2.97. The molecule has 4 nitrogen and oxygen atoms in total. The monoisotopic (exact) mass is 364 g/mol. The zero-order chi connectivity index (χ0) is 14.5. The molecule has 0 aromatic heterocycles. The number of halogens is 2. The van der Waals surface area contributed by atoms with Crippen molar-refractivity contribution >= 4 is 34.2 Å². The molecular formula is C14H22BrClN2O2. The molecule has 0 spiro atoms. The van der Waals surface area contributed by atoms with Gasteiger partial charge in [0.25, 0.3) is 0 Å². The first-order chi connectivity index (χ1) is 8.90. The van der Waals surface area contributed by atoms with E-state index in [9.17, 15) is 4.79 Å². The van der Waals surface area contributed by atoms with Crippen LogP contribution in [-0.4, -0.2) is 18.6 Å². The molecule has 0 aliphatic carbocycles. The van der Waals surface area contributed by atoms with E-state index in [1.807, 2.05) is 25.1 Å². The summed E-state index contributed by atoms with van der Waals surface area (Å²) in [5, 5.41) is 2.86. The largest absolute Gasteiger partial charge is 0.496 e. The van der Waals surface area contributed by atoms with Gasteiger partial charge in [0.15, 0.2) is 0 Å². The normalized spacial score (nSPS) is 13.1. The van der Waals surface area contributed by atoms with Crippen LogP contribution in [0.15, 0.2) is 22.7 Å². The van der Waals surface area contributed by atoms with Gasteiger partial charge in [-0.15, -0.1) is 12.4 Å². The third kappa shape index (κ3) is 5.31. The fourth-order valence-corrected chi connectivity index (χ4v) is 2.30. The smallest absolute Gasteiger partial charge is 0.240 e. The Morgan fingerprint density at radius 2 is 2.15 bits per heavy atom. The highest BCUT2D eigenvalue weighted by Gasteiger charge is 2.26. The zero-order valence-corrected chi connectivity index (χ0v) is 14.4. The van der Waals surface area contributed by atoms with Gasteiger partial charge >= 0.3 is 0 Å². The Bertz CT molecular complexity index is 453. The summed E-state index contributed by atoms with van der Waals surface area (Å²) in [6, 6.07) is 5.68. The Kier molecular flexibility index (Phi) is 8.16. The lowest BCUT2D eigenvalue weighted by atomic mass is 9.96. The van der Waals surface area contributed by atoms with Crippen LogP contribution >= 0.6 is 28.3 Å². The van der Waals surface area contributed by atoms with Crippen molar-refractivity contribution in [3.8, 4) is 5.75 Å². The number of hydrogen-bond acceptors (Lipinski definition) is 3. The van der Waals surface area contributed by atoms with E-state index >= 15 is 0 Å². The van der Waals surface area contributed by atoms with Crippen LogP contribution < -0.4 is 15.8 Å². The highest BCUT2D eigenvalue weighted by Crippen LogP contribution is 2.23. The molecule has 20 heavy (non-hydrogen) atoms. The molecule has 0 fully saturated rings. The number of nitrogens with two attached hydrogens (primary N) is 1. The fourth-order valence-electron chi connectivity index (χ4n) is 1.90. The summed E-state index contributed by atoms with van der Waals surface area (Å²) in [5.41, 5.74) is 6.07. The molecule has 0 saturated heterocycles. The van der Waals surface area contributed by atoms with Crippen molar-refractivity contribution in [1.82, 2.24) is 5.32 Å². The minimum absolute atomic E-state index is 0. The molecule has 114 valence electrons. The lowest BCUT2D eigenvalue weighted by molar-refractivity contribution is -0.126.